The molecule has 0 radical (unpaired) electrons. The number of carbonyl (C=O) groups is 1. The molecule has 18 heavy (non-hydrogen) atoms. The molecule has 0 unspecified atom stereocenters. The van der Waals surface area contributed by atoms with E-state index >= 15 is 0 Å². The van der Waals surface area contributed by atoms with Gasteiger partial charge in [-0.25, -0.2) is 8.78 Å². The van der Waals surface area contributed by atoms with Crippen molar-refractivity contribution in [2.24, 2.45) is 0 Å². The van der Waals surface area contributed by atoms with Crippen LogP contribution in [0.2, 0.25) is 0 Å². The molecule has 3 nitrogen and oxygen atoms in total. The number of alkyl halides is 2. The summed E-state index contributed by atoms with van der Waals surface area (Å²) < 4.78 is 32.9. The average Bonchev–Trinajstić information content (AvgIpc) is 2.74. The molecule has 1 aliphatic rings. The van der Waals surface area contributed by atoms with Crippen LogP contribution in [0.4, 0.5) is 8.78 Å². The van der Waals surface area contributed by atoms with Gasteiger partial charge < -0.3 is 9.84 Å². The fourth-order valence-corrected chi connectivity index (χ4v) is 2.02. The van der Waals surface area contributed by atoms with Crippen LogP contribution in [-0.2, 0) is 17.1 Å². The van der Waals surface area contributed by atoms with Crippen molar-refractivity contribution >= 4 is 5.97 Å². The van der Waals surface area contributed by atoms with Gasteiger partial charge in [0.05, 0.1) is 6.61 Å². The summed E-state index contributed by atoms with van der Waals surface area (Å²) in [5, 5.41) is 8.45. The minimum atomic E-state index is -2.98. The Morgan fingerprint density at radius 3 is 2.94 bits per heavy atom. The molecule has 0 spiro atoms. The smallest absolute Gasteiger partial charge is 0.303 e. The van der Waals surface area contributed by atoms with Gasteiger partial charge in [-0.1, -0.05) is 0 Å². The van der Waals surface area contributed by atoms with Gasteiger partial charge in [0.2, 0.25) is 0 Å². The summed E-state index contributed by atoms with van der Waals surface area (Å²) >= 11 is 0. The fourth-order valence-electron chi connectivity index (χ4n) is 2.02. The highest BCUT2D eigenvalue weighted by Crippen LogP contribution is 2.37. The first-order chi connectivity index (χ1) is 8.49. The Bertz CT molecular complexity index is 458. The summed E-state index contributed by atoms with van der Waals surface area (Å²) in [5.74, 6) is -3.36. The second-order valence-corrected chi connectivity index (χ2v) is 4.37. The molecule has 0 fully saturated rings. The molecular weight excluding hydrogens is 242 g/mol. The number of fused-ring (bicyclic) bond motifs is 1. The third-order valence-electron chi connectivity index (χ3n) is 2.99. The highest BCUT2D eigenvalue weighted by atomic mass is 19.3. The highest BCUT2D eigenvalue weighted by Gasteiger charge is 2.32. The number of carboxylic acids is 1. The second-order valence-electron chi connectivity index (χ2n) is 4.37. The van der Waals surface area contributed by atoms with E-state index in [4.69, 9.17) is 9.84 Å². The minimum absolute atomic E-state index is 0.0318. The molecule has 2 rings (SSSR count). The van der Waals surface area contributed by atoms with Crippen LogP contribution < -0.4 is 4.74 Å². The summed E-state index contributed by atoms with van der Waals surface area (Å²) in [7, 11) is 0. The van der Waals surface area contributed by atoms with Crippen molar-refractivity contribution in [3.8, 4) is 5.75 Å². The van der Waals surface area contributed by atoms with Gasteiger partial charge in [0.1, 0.15) is 5.75 Å². The Kier molecular flexibility index (Phi) is 3.50. The van der Waals surface area contributed by atoms with E-state index in [1.165, 1.54) is 12.1 Å². The van der Waals surface area contributed by atoms with E-state index in [1.54, 1.807) is 6.07 Å². The monoisotopic (exact) mass is 256 g/mol. The SMILES string of the molecule is O=C(O)CCCC(F)(F)c1ccc2c(c1)CCO2. The van der Waals surface area contributed by atoms with Crippen molar-refractivity contribution in [2.75, 3.05) is 6.61 Å². The molecule has 0 atom stereocenters. The summed E-state index contributed by atoms with van der Waals surface area (Å²) in [4.78, 5) is 10.3. The van der Waals surface area contributed by atoms with Crippen molar-refractivity contribution < 1.29 is 23.4 Å². The van der Waals surface area contributed by atoms with Crippen molar-refractivity contribution in [3.63, 3.8) is 0 Å². The Labute approximate surface area is 103 Å². The van der Waals surface area contributed by atoms with Crippen molar-refractivity contribution in [1.29, 1.82) is 0 Å². The molecule has 5 heteroatoms. The van der Waals surface area contributed by atoms with Crippen LogP contribution >= 0.6 is 0 Å². The van der Waals surface area contributed by atoms with E-state index in [9.17, 15) is 13.6 Å². The van der Waals surface area contributed by atoms with Gasteiger partial charge in [-0.3, -0.25) is 4.79 Å². The summed E-state index contributed by atoms with van der Waals surface area (Å²) in [6, 6.07) is 4.37. The lowest BCUT2D eigenvalue weighted by atomic mass is 9.99. The normalized spacial score (nSPS) is 14.1. The van der Waals surface area contributed by atoms with E-state index in [1.807, 2.05) is 0 Å². The third-order valence-corrected chi connectivity index (χ3v) is 2.99. The number of hydrogen-bond acceptors (Lipinski definition) is 2. The molecule has 0 amide bonds. The quantitative estimate of drug-likeness (QED) is 0.881. The predicted octanol–water partition coefficient (Wildman–Crippen LogP) is 2.97. The molecule has 0 bridgehead atoms. The van der Waals surface area contributed by atoms with E-state index < -0.39 is 18.3 Å². The largest absolute Gasteiger partial charge is 0.493 e. The predicted molar refractivity (Wildman–Crippen MR) is 61.0 cm³/mol. The van der Waals surface area contributed by atoms with Crippen molar-refractivity contribution in [2.45, 2.75) is 31.6 Å². The lowest BCUT2D eigenvalue weighted by molar-refractivity contribution is -0.137. The van der Waals surface area contributed by atoms with Crippen LogP contribution in [0.15, 0.2) is 18.2 Å². The Morgan fingerprint density at radius 1 is 1.44 bits per heavy atom. The van der Waals surface area contributed by atoms with Crippen molar-refractivity contribution in [3.05, 3.63) is 29.3 Å². The Hall–Kier alpha value is -1.65. The van der Waals surface area contributed by atoms with Crippen LogP contribution in [0, 0.1) is 0 Å². The van der Waals surface area contributed by atoms with Crippen LogP contribution in [0.5, 0.6) is 5.75 Å². The number of ether oxygens (including phenoxy) is 1. The van der Waals surface area contributed by atoms with E-state index in [0.29, 0.717) is 18.8 Å². The van der Waals surface area contributed by atoms with Gasteiger partial charge in [0.15, 0.2) is 0 Å². The number of aliphatic carboxylic acids is 1. The summed E-state index contributed by atoms with van der Waals surface area (Å²) in [6.45, 7) is 0.531. The molecule has 1 heterocycles. The zero-order valence-electron chi connectivity index (χ0n) is 9.79. The third kappa shape index (κ3) is 2.78. The maximum Gasteiger partial charge on any atom is 0.303 e. The van der Waals surface area contributed by atoms with E-state index in [-0.39, 0.29) is 18.4 Å². The van der Waals surface area contributed by atoms with Crippen LogP contribution in [0.1, 0.15) is 30.4 Å². The maximum absolute atomic E-state index is 13.8. The van der Waals surface area contributed by atoms with E-state index in [2.05, 4.69) is 0 Å². The lowest BCUT2D eigenvalue weighted by Gasteiger charge is -2.17. The molecule has 0 aliphatic carbocycles. The topological polar surface area (TPSA) is 46.5 Å². The highest BCUT2D eigenvalue weighted by molar-refractivity contribution is 5.66. The fraction of sp³-hybridized carbons (Fsp3) is 0.462. The molecule has 1 aromatic rings. The first kappa shape index (κ1) is 12.8. The average molecular weight is 256 g/mol. The van der Waals surface area contributed by atoms with Gasteiger partial charge in [-0.2, -0.15) is 0 Å². The first-order valence-corrected chi connectivity index (χ1v) is 5.85. The van der Waals surface area contributed by atoms with Gasteiger partial charge in [0.25, 0.3) is 5.92 Å². The molecular formula is C13H14F2O3. The number of benzene rings is 1. The molecule has 1 aliphatic heterocycles. The van der Waals surface area contributed by atoms with Gasteiger partial charge in [-0.05, 0) is 30.2 Å². The number of rotatable bonds is 5. The number of halogens is 2. The zero-order chi connectivity index (χ0) is 13.2. The molecule has 1 aromatic carbocycles. The number of hydrogen-bond donors (Lipinski definition) is 1. The minimum Gasteiger partial charge on any atom is -0.493 e. The van der Waals surface area contributed by atoms with Gasteiger partial charge in [-0.15, -0.1) is 0 Å². The van der Waals surface area contributed by atoms with E-state index in [0.717, 1.165) is 5.56 Å². The van der Waals surface area contributed by atoms with Crippen LogP contribution in [0.3, 0.4) is 0 Å². The Morgan fingerprint density at radius 2 is 2.22 bits per heavy atom. The van der Waals surface area contributed by atoms with Gasteiger partial charge in [0, 0.05) is 24.8 Å². The molecule has 0 saturated carbocycles. The first-order valence-electron chi connectivity index (χ1n) is 5.85. The Balaban J connectivity index is 2.07. The molecule has 0 aromatic heterocycles. The maximum atomic E-state index is 13.8. The van der Waals surface area contributed by atoms with Crippen molar-refractivity contribution in [1.82, 2.24) is 0 Å². The molecule has 0 saturated heterocycles. The second kappa shape index (κ2) is 4.92. The van der Waals surface area contributed by atoms with Crippen LogP contribution in [0.25, 0.3) is 0 Å². The molecule has 98 valence electrons. The summed E-state index contributed by atoms with van der Waals surface area (Å²) in [5.41, 5.74) is 0.738. The summed E-state index contributed by atoms with van der Waals surface area (Å²) in [6.07, 6.45) is -0.0626. The standard InChI is InChI=1S/C13H14F2O3/c14-13(15,6-1-2-12(16)17)10-3-4-11-9(8-10)5-7-18-11/h3-4,8H,1-2,5-7H2,(H,16,17). The number of carboxylic acid groups (broad SMARTS) is 1. The molecule has 1 N–H and O–H groups in total. The van der Waals surface area contributed by atoms with Gasteiger partial charge >= 0.3 is 5.97 Å². The lowest BCUT2D eigenvalue weighted by Crippen LogP contribution is -2.14. The van der Waals surface area contributed by atoms with Crippen LogP contribution in [-0.4, -0.2) is 17.7 Å². The zero-order valence-corrected chi connectivity index (χ0v) is 9.79.